The van der Waals surface area contributed by atoms with Crippen LogP contribution in [0.3, 0.4) is 0 Å². The van der Waals surface area contributed by atoms with Crippen LogP contribution < -0.4 is 0 Å². The van der Waals surface area contributed by atoms with Crippen molar-refractivity contribution in [3.05, 3.63) is 34.9 Å². The van der Waals surface area contributed by atoms with Gasteiger partial charge in [0.1, 0.15) is 6.61 Å². The highest BCUT2D eigenvalue weighted by molar-refractivity contribution is 6.30. The van der Waals surface area contributed by atoms with Gasteiger partial charge in [0.05, 0.1) is 6.10 Å². The molecule has 0 bridgehead atoms. The molecule has 0 fully saturated rings. The largest absolute Gasteiger partial charge is 0.387 e. The average Bonchev–Trinajstić information content (AvgIpc) is 2.25. The Labute approximate surface area is 94.8 Å². The van der Waals surface area contributed by atoms with Gasteiger partial charge in [0.25, 0.3) is 0 Å². The van der Waals surface area contributed by atoms with Gasteiger partial charge in [-0.2, -0.15) is 0 Å². The van der Waals surface area contributed by atoms with Crippen LogP contribution in [-0.4, -0.2) is 18.8 Å². The Morgan fingerprint density at radius 1 is 1.33 bits per heavy atom. The van der Waals surface area contributed by atoms with Crippen LogP contribution in [0.25, 0.3) is 0 Å². The lowest BCUT2D eigenvalue weighted by Gasteiger charge is -2.06. The molecule has 3 heteroatoms. The predicted octanol–water partition coefficient (Wildman–Crippen LogP) is 2.41. The summed E-state index contributed by atoms with van der Waals surface area (Å²) in [5.74, 6) is 5.63. The Kier molecular flexibility index (Phi) is 5.20. The van der Waals surface area contributed by atoms with E-state index < -0.39 is 6.10 Å². The lowest BCUT2D eigenvalue weighted by Crippen LogP contribution is -1.95. The highest BCUT2D eigenvalue weighted by atomic mass is 35.5. The van der Waals surface area contributed by atoms with Crippen molar-refractivity contribution in [2.24, 2.45) is 0 Å². The van der Waals surface area contributed by atoms with Crippen molar-refractivity contribution in [2.75, 3.05) is 13.7 Å². The molecule has 0 aliphatic carbocycles. The third-order valence-corrected chi connectivity index (χ3v) is 2.14. The molecule has 0 aliphatic heterocycles. The Balaban J connectivity index is 2.51. The molecule has 0 spiro atoms. The summed E-state index contributed by atoms with van der Waals surface area (Å²) in [6.07, 6.45) is -0.156. The van der Waals surface area contributed by atoms with E-state index in [0.717, 1.165) is 5.56 Å². The molecule has 0 heterocycles. The second-order valence-corrected chi connectivity index (χ2v) is 3.49. The summed E-state index contributed by atoms with van der Waals surface area (Å²) in [5.41, 5.74) is 0.825. The van der Waals surface area contributed by atoms with E-state index in [4.69, 9.17) is 16.3 Å². The first-order valence-electron chi connectivity index (χ1n) is 4.62. The highest BCUT2D eigenvalue weighted by Crippen LogP contribution is 2.18. The standard InChI is InChI=1S/C12H13ClO2/c1-15-9-3-2-4-12(14)10-5-7-11(13)8-6-10/h5-8,12,14H,4,9H2,1H3. The Bertz CT molecular complexity index is 348. The molecule has 0 aliphatic rings. The van der Waals surface area contributed by atoms with Gasteiger partial charge in [0.15, 0.2) is 0 Å². The molecule has 1 aromatic rings. The van der Waals surface area contributed by atoms with Gasteiger partial charge in [-0.3, -0.25) is 0 Å². The molecule has 0 aromatic heterocycles. The van der Waals surface area contributed by atoms with E-state index in [2.05, 4.69) is 11.8 Å². The predicted molar refractivity (Wildman–Crippen MR) is 60.7 cm³/mol. The van der Waals surface area contributed by atoms with Crippen LogP contribution in [-0.2, 0) is 4.74 Å². The average molecular weight is 225 g/mol. The minimum absolute atomic E-state index is 0.396. The van der Waals surface area contributed by atoms with Crippen LogP contribution >= 0.6 is 11.6 Å². The molecule has 80 valence electrons. The maximum absolute atomic E-state index is 9.72. The van der Waals surface area contributed by atoms with Crippen molar-refractivity contribution in [3.8, 4) is 11.8 Å². The molecule has 1 unspecified atom stereocenters. The fraction of sp³-hybridized carbons (Fsp3) is 0.333. The first-order valence-corrected chi connectivity index (χ1v) is 5.00. The van der Waals surface area contributed by atoms with Crippen molar-refractivity contribution in [3.63, 3.8) is 0 Å². The highest BCUT2D eigenvalue weighted by Gasteiger charge is 2.04. The summed E-state index contributed by atoms with van der Waals surface area (Å²) in [6, 6.07) is 7.10. The quantitative estimate of drug-likeness (QED) is 0.799. The summed E-state index contributed by atoms with van der Waals surface area (Å²) in [5, 5.41) is 10.4. The zero-order chi connectivity index (χ0) is 11.1. The summed E-state index contributed by atoms with van der Waals surface area (Å²) in [7, 11) is 1.59. The smallest absolute Gasteiger partial charge is 0.107 e. The van der Waals surface area contributed by atoms with Gasteiger partial charge < -0.3 is 9.84 Å². The number of rotatable bonds is 3. The van der Waals surface area contributed by atoms with Crippen molar-refractivity contribution >= 4 is 11.6 Å². The Hall–Kier alpha value is -1.01. The molecular weight excluding hydrogens is 212 g/mol. The third-order valence-electron chi connectivity index (χ3n) is 1.89. The minimum Gasteiger partial charge on any atom is -0.387 e. The molecule has 1 aromatic carbocycles. The summed E-state index contributed by atoms with van der Waals surface area (Å²) in [4.78, 5) is 0. The number of halogens is 1. The Morgan fingerprint density at radius 2 is 2.00 bits per heavy atom. The van der Waals surface area contributed by atoms with Gasteiger partial charge in [0.2, 0.25) is 0 Å². The number of hydrogen-bond acceptors (Lipinski definition) is 2. The summed E-state index contributed by atoms with van der Waals surface area (Å²) >= 11 is 5.74. The van der Waals surface area contributed by atoms with Gasteiger partial charge in [-0.1, -0.05) is 35.6 Å². The van der Waals surface area contributed by atoms with E-state index in [-0.39, 0.29) is 0 Å². The molecule has 0 radical (unpaired) electrons. The maximum atomic E-state index is 9.72. The van der Waals surface area contributed by atoms with E-state index in [1.54, 1.807) is 31.4 Å². The zero-order valence-electron chi connectivity index (χ0n) is 8.53. The lowest BCUT2D eigenvalue weighted by atomic mass is 10.1. The van der Waals surface area contributed by atoms with Crippen LogP contribution in [0.5, 0.6) is 0 Å². The van der Waals surface area contributed by atoms with Crippen molar-refractivity contribution in [1.29, 1.82) is 0 Å². The van der Waals surface area contributed by atoms with Gasteiger partial charge in [-0.15, -0.1) is 0 Å². The number of methoxy groups -OCH3 is 1. The molecule has 0 saturated carbocycles. The van der Waals surface area contributed by atoms with Crippen molar-refractivity contribution in [2.45, 2.75) is 12.5 Å². The number of benzene rings is 1. The lowest BCUT2D eigenvalue weighted by molar-refractivity contribution is 0.184. The third kappa shape index (κ3) is 4.35. The van der Waals surface area contributed by atoms with Crippen LogP contribution in [0.2, 0.25) is 5.02 Å². The molecule has 0 saturated heterocycles. The van der Waals surface area contributed by atoms with Gasteiger partial charge in [-0.05, 0) is 17.7 Å². The van der Waals surface area contributed by atoms with Crippen molar-refractivity contribution in [1.82, 2.24) is 0 Å². The maximum Gasteiger partial charge on any atom is 0.107 e. The van der Waals surface area contributed by atoms with E-state index in [9.17, 15) is 5.11 Å². The van der Waals surface area contributed by atoms with Crippen molar-refractivity contribution < 1.29 is 9.84 Å². The van der Waals surface area contributed by atoms with Crippen LogP contribution in [0.4, 0.5) is 0 Å². The number of ether oxygens (including phenoxy) is 1. The van der Waals surface area contributed by atoms with Gasteiger partial charge >= 0.3 is 0 Å². The minimum atomic E-state index is -0.563. The fourth-order valence-electron chi connectivity index (χ4n) is 1.09. The number of aliphatic hydroxyl groups is 1. The van der Waals surface area contributed by atoms with E-state index in [0.29, 0.717) is 18.1 Å². The first kappa shape index (κ1) is 12.1. The van der Waals surface area contributed by atoms with Crippen LogP contribution in [0, 0.1) is 11.8 Å². The molecule has 0 amide bonds. The zero-order valence-corrected chi connectivity index (χ0v) is 9.29. The topological polar surface area (TPSA) is 29.5 Å². The van der Waals surface area contributed by atoms with Crippen LogP contribution in [0.15, 0.2) is 24.3 Å². The second-order valence-electron chi connectivity index (χ2n) is 3.06. The summed E-state index contributed by atoms with van der Waals surface area (Å²) < 4.78 is 4.77. The van der Waals surface area contributed by atoms with E-state index in [1.165, 1.54) is 0 Å². The van der Waals surface area contributed by atoms with Crippen LogP contribution in [0.1, 0.15) is 18.1 Å². The molecule has 1 atom stereocenters. The molecule has 1 N–H and O–H groups in total. The first-order chi connectivity index (χ1) is 7.24. The van der Waals surface area contributed by atoms with E-state index >= 15 is 0 Å². The van der Waals surface area contributed by atoms with Gasteiger partial charge in [-0.25, -0.2) is 0 Å². The normalized spacial score (nSPS) is 11.7. The fourth-order valence-corrected chi connectivity index (χ4v) is 1.22. The number of aliphatic hydroxyl groups excluding tert-OH is 1. The SMILES string of the molecule is COCC#CCC(O)c1ccc(Cl)cc1. The second kappa shape index (κ2) is 6.47. The molecule has 1 rings (SSSR count). The molecule has 15 heavy (non-hydrogen) atoms. The van der Waals surface area contributed by atoms with E-state index in [1.807, 2.05) is 0 Å². The monoisotopic (exact) mass is 224 g/mol. The molecular formula is C12H13ClO2. The summed E-state index contributed by atoms with van der Waals surface area (Å²) in [6.45, 7) is 0.396. The van der Waals surface area contributed by atoms with Gasteiger partial charge in [0, 0.05) is 18.6 Å². The molecule has 2 nitrogen and oxygen atoms in total. The Morgan fingerprint density at radius 3 is 2.60 bits per heavy atom. The number of hydrogen-bond donors (Lipinski definition) is 1.